The quantitative estimate of drug-likeness (QED) is 0.184. The molecule has 50 heavy (non-hydrogen) atoms. The van der Waals surface area contributed by atoms with Gasteiger partial charge in [-0.25, -0.2) is 0 Å². The Balaban J connectivity index is 1.19. The Morgan fingerprint density at radius 2 is 0.960 bits per heavy atom. The van der Waals surface area contributed by atoms with E-state index < -0.39 is 0 Å². The monoisotopic (exact) mass is 670 g/mol. The van der Waals surface area contributed by atoms with Gasteiger partial charge in [0.05, 0.1) is 50.0 Å². The van der Waals surface area contributed by atoms with Gasteiger partial charge < -0.3 is 9.13 Å². The predicted octanol–water partition coefficient (Wildman–Crippen LogP) is 12.4. The molecule has 0 saturated heterocycles. The lowest BCUT2D eigenvalue weighted by Gasteiger charge is -2.10. The van der Waals surface area contributed by atoms with Gasteiger partial charge in [0.25, 0.3) is 0 Å². The van der Waals surface area contributed by atoms with Crippen LogP contribution < -0.4 is 0 Å². The first-order valence-corrected chi connectivity index (χ1v) is 18.0. The van der Waals surface area contributed by atoms with E-state index in [4.69, 9.17) is 0 Å². The Hall–Kier alpha value is -6.44. The van der Waals surface area contributed by atoms with Crippen molar-refractivity contribution in [2.45, 2.75) is 0 Å². The van der Waals surface area contributed by atoms with Crippen LogP contribution in [0.2, 0.25) is 0 Å². The summed E-state index contributed by atoms with van der Waals surface area (Å²) in [7, 11) is 0. The van der Waals surface area contributed by atoms with Gasteiger partial charge in [0, 0.05) is 68.6 Å². The first kappa shape index (κ1) is 27.5. The first-order valence-electron chi connectivity index (χ1n) is 16.4. The average molecular weight is 671 g/mol. The minimum absolute atomic E-state index is 0.601. The van der Waals surface area contributed by atoms with Gasteiger partial charge in [0.1, 0.15) is 0 Å². The summed E-state index contributed by atoms with van der Waals surface area (Å²) in [4.78, 5) is 0. The molecule has 0 amide bonds. The van der Waals surface area contributed by atoms with Crippen molar-refractivity contribution in [2.24, 2.45) is 0 Å². The molecular weight excluding hydrogens is 649 g/mol. The highest BCUT2D eigenvalue weighted by atomic mass is 32.1. The third-order valence-corrected chi connectivity index (χ3v) is 12.5. The fraction of sp³-hybridized carbons (Fsp3) is 0. The van der Waals surface area contributed by atoms with Crippen molar-refractivity contribution in [3.8, 4) is 23.5 Å². The van der Waals surface area contributed by atoms with Crippen molar-refractivity contribution < 1.29 is 0 Å². The number of thiophene rings is 2. The Kier molecular flexibility index (Phi) is 5.52. The highest BCUT2D eigenvalue weighted by Crippen LogP contribution is 2.44. The van der Waals surface area contributed by atoms with Crippen LogP contribution in [0.3, 0.4) is 0 Å². The maximum absolute atomic E-state index is 9.67. The minimum Gasteiger partial charge on any atom is -0.309 e. The molecule has 7 aromatic carbocycles. The van der Waals surface area contributed by atoms with E-state index in [1.807, 2.05) is 59.1 Å². The lowest BCUT2D eigenvalue weighted by Crippen LogP contribution is -1.94. The van der Waals surface area contributed by atoms with Crippen molar-refractivity contribution >= 4 is 107 Å². The number of hydrogen-bond donors (Lipinski definition) is 0. The fourth-order valence-electron chi connectivity index (χ4n) is 7.97. The SMILES string of the molecule is N#Cc1ccc2c(c1)c1cc(C#N)ccc1n2-c1ccc2sc3ccc(-n4c5ccccc5c5ccc6c7ccccc7sc6c54)cc3c2c1. The van der Waals surface area contributed by atoms with Crippen molar-refractivity contribution in [2.75, 3.05) is 0 Å². The van der Waals surface area contributed by atoms with Gasteiger partial charge in [-0.1, -0.05) is 48.5 Å². The number of nitrogens with zero attached hydrogens (tertiary/aromatic N) is 4. The molecule has 4 aromatic heterocycles. The van der Waals surface area contributed by atoms with Crippen molar-refractivity contribution in [1.82, 2.24) is 9.13 Å². The van der Waals surface area contributed by atoms with E-state index in [0.717, 1.165) is 33.2 Å². The van der Waals surface area contributed by atoms with E-state index in [1.165, 1.54) is 62.2 Å². The Morgan fingerprint density at radius 1 is 0.400 bits per heavy atom. The second-order valence-corrected chi connectivity index (χ2v) is 14.9. The van der Waals surface area contributed by atoms with Crippen LogP contribution >= 0.6 is 22.7 Å². The van der Waals surface area contributed by atoms with Crippen LogP contribution in [0.15, 0.2) is 133 Å². The number of para-hydroxylation sites is 1. The third-order valence-electron chi connectivity index (χ3n) is 10.2. The lowest BCUT2D eigenvalue weighted by molar-refractivity contribution is 1.19. The van der Waals surface area contributed by atoms with Crippen LogP contribution in [0.5, 0.6) is 0 Å². The summed E-state index contributed by atoms with van der Waals surface area (Å²) in [5.74, 6) is 0. The van der Waals surface area contributed by atoms with Crippen molar-refractivity contribution in [1.29, 1.82) is 10.5 Å². The number of fused-ring (bicyclic) bond motifs is 13. The molecule has 0 fully saturated rings. The number of rotatable bonds is 2. The molecule has 0 aliphatic heterocycles. The summed E-state index contributed by atoms with van der Waals surface area (Å²) in [5.41, 5.74) is 7.85. The number of hydrogen-bond acceptors (Lipinski definition) is 4. The van der Waals surface area contributed by atoms with E-state index in [1.54, 1.807) is 0 Å². The van der Waals surface area contributed by atoms with Gasteiger partial charge in [0.15, 0.2) is 0 Å². The van der Waals surface area contributed by atoms with E-state index in [-0.39, 0.29) is 0 Å². The normalized spacial score (nSPS) is 12.0. The van der Waals surface area contributed by atoms with Gasteiger partial charge in [0.2, 0.25) is 0 Å². The van der Waals surface area contributed by atoms with E-state index in [0.29, 0.717) is 11.1 Å². The molecule has 230 valence electrons. The molecule has 0 aliphatic carbocycles. The fourth-order valence-corrected chi connectivity index (χ4v) is 10.3. The summed E-state index contributed by atoms with van der Waals surface area (Å²) in [5, 5.41) is 28.8. The largest absolute Gasteiger partial charge is 0.309 e. The van der Waals surface area contributed by atoms with Crippen molar-refractivity contribution in [3.63, 3.8) is 0 Å². The van der Waals surface area contributed by atoms with Gasteiger partial charge in [-0.15, -0.1) is 22.7 Å². The zero-order valence-electron chi connectivity index (χ0n) is 26.3. The minimum atomic E-state index is 0.601. The van der Waals surface area contributed by atoms with Crippen LogP contribution in [0, 0.1) is 22.7 Å². The van der Waals surface area contributed by atoms with Gasteiger partial charge in [-0.05, 0) is 84.9 Å². The van der Waals surface area contributed by atoms with Gasteiger partial charge in [-0.3, -0.25) is 0 Å². The molecule has 0 saturated carbocycles. The summed E-state index contributed by atoms with van der Waals surface area (Å²) in [6.45, 7) is 0. The van der Waals surface area contributed by atoms with Gasteiger partial charge in [-0.2, -0.15) is 10.5 Å². The Morgan fingerprint density at radius 3 is 1.64 bits per heavy atom. The average Bonchev–Trinajstić information content (AvgIpc) is 3.91. The van der Waals surface area contributed by atoms with E-state index >= 15 is 0 Å². The second-order valence-electron chi connectivity index (χ2n) is 12.8. The molecule has 4 nitrogen and oxygen atoms in total. The number of benzene rings is 7. The van der Waals surface area contributed by atoms with Crippen LogP contribution in [0.4, 0.5) is 0 Å². The van der Waals surface area contributed by atoms with E-state index in [2.05, 4.69) is 118 Å². The molecule has 11 rings (SSSR count). The van der Waals surface area contributed by atoms with Crippen molar-refractivity contribution in [3.05, 3.63) is 145 Å². The molecule has 0 radical (unpaired) electrons. The summed E-state index contributed by atoms with van der Waals surface area (Å²) in [6, 6.07) is 51.8. The highest BCUT2D eigenvalue weighted by Gasteiger charge is 2.19. The maximum Gasteiger partial charge on any atom is 0.0991 e. The molecule has 4 heterocycles. The number of aromatic nitrogens is 2. The molecule has 0 aliphatic rings. The van der Waals surface area contributed by atoms with Crippen LogP contribution in [-0.2, 0) is 0 Å². The summed E-state index contributed by atoms with van der Waals surface area (Å²) < 4.78 is 9.80. The summed E-state index contributed by atoms with van der Waals surface area (Å²) in [6.07, 6.45) is 0. The second kappa shape index (κ2) is 10.0. The molecule has 0 unspecified atom stereocenters. The Labute approximate surface area is 293 Å². The maximum atomic E-state index is 9.67. The zero-order chi connectivity index (χ0) is 33.1. The summed E-state index contributed by atoms with van der Waals surface area (Å²) >= 11 is 3.69. The van der Waals surface area contributed by atoms with Crippen LogP contribution in [0.1, 0.15) is 11.1 Å². The van der Waals surface area contributed by atoms with Crippen LogP contribution in [0.25, 0.3) is 95.3 Å². The Bertz CT molecular complexity index is 3280. The topological polar surface area (TPSA) is 57.4 Å². The zero-order valence-corrected chi connectivity index (χ0v) is 27.9. The molecule has 11 aromatic rings. The highest BCUT2D eigenvalue weighted by molar-refractivity contribution is 7.26. The first-order chi connectivity index (χ1) is 24.7. The molecule has 0 spiro atoms. The molecular formula is C44H22N4S2. The molecule has 0 atom stereocenters. The standard InChI is InChI=1S/C44H22N4S2/c45-23-25-9-15-38-33(19-25)34-20-26(24-46)10-16-39(34)47(38)27-11-17-41-35(21-27)36-22-28(12-18-42(36)49-41)48-37-7-3-1-5-29(37)31-13-14-32-30-6-2-4-8-40(30)50-44(32)43(31)48/h1-22H. The molecule has 0 bridgehead atoms. The third kappa shape index (κ3) is 3.67. The smallest absolute Gasteiger partial charge is 0.0991 e. The van der Waals surface area contributed by atoms with Crippen LogP contribution in [-0.4, -0.2) is 9.13 Å². The van der Waals surface area contributed by atoms with Gasteiger partial charge >= 0.3 is 0 Å². The van der Waals surface area contributed by atoms with E-state index in [9.17, 15) is 10.5 Å². The molecule has 6 heteroatoms. The predicted molar refractivity (Wildman–Crippen MR) is 210 cm³/mol. The number of nitriles is 2. The molecule has 0 N–H and O–H groups in total. The lowest BCUT2D eigenvalue weighted by atomic mass is 10.1.